The van der Waals surface area contributed by atoms with Crippen molar-refractivity contribution in [1.29, 1.82) is 0 Å². The van der Waals surface area contributed by atoms with E-state index in [0.717, 1.165) is 28.5 Å². The number of rotatable bonds is 3. The Kier molecular flexibility index (Phi) is 4.46. The smallest absolute Gasteiger partial charge is 0.256 e. The molecule has 1 aliphatic rings. The third kappa shape index (κ3) is 3.27. The van der Waals surface area contributed by atoms with Crippen molar-refractivity contribution in [3.63, 3.8) is 0 Å². The van der Waals surface area contributed by atoms with Crippen LogP contribution in [0.3, 0.4) is 0 Å². The summed E-state index contributed by atoms with van der Waals surface area (Å²) in [5, 5.41) is 8.81. The van der Waals surface area contributed by atoms with Gasteiger partial charge >= 0.3 is 0 Å². The number of anilines is 1. The first-order valence-corrected chi connectivity index (χ1v) is 9.54. The Balaban J connectivity index is 1.75. The summed E-state index contributed by atoms with van der Waals surface area (Å²) in [6.07, 6.45) is 0. The summed E-state index contributed by atoms with van der Waals surface area (Å²) in [5.74, 6) is 2.13. The van der Waals surface area contributed by atoms with Crippen LogP contribution in [0.5, 0.6) is 0 Å². The Labute approximate surface area is 159 Å². The molecular formula is C18H13Cl2N3OS. The maximum absolute atomic E-state index is 12.7. The van der Waals surface area contributed by atoms with Gasteiger partial charge in [-0.3, -0.25) is 4.79 Å². The molecule has 25 heavy (non-hydrogen) atoms. The van der Waals surface area contributed by atoms with Gasteiger partial charge in [0.15, 0.2) is 0 Å². The molecule has 7 heteroatoms. The lowest BCUT2D eigenvalue weighted by atomic mass is 10.2. The second-order valence-corrected chi connectivity index (χ2v) is 7.48. The SMILES string of the molecule is O=C(Nc1c2c(nn1-c1cccc(Cl)c1)CSC2)c1cccc(Cl)c1. The van der Waals surface area contributed by atoms with Gasteiger partial charge < -0.3 is 5.32 Å². The van der Waals surface area contributed by atoms with Crippen LogP contribution in [-0.4, -0.2) is 15.7 Å². The number of aromatic nitrogens is 2. The number of hydrogen-bond donors (Lipinski definition) is 1. The van der Waals surface area contributed by atoms with Gasteiger partial charge in [0.2, 0.25) is 0 Å². The van der Waals surface area contributed by atoms with Gasteiger partial charge in [-0.25, -0.2) is 4.68 Å². The first-order chi connectivity index (χ1) is 12.1. The second kappa shape index (κ2) is 6.75. The Hall–Kier alpha value is -1.95. The van der Waals surface area contributed by atoms with Crippen molar-refractivity contribution in [2.24, 2.45) is 0 Å². The van der Waals surface area contributed by atoms with Crippen molar-refractivity contribution in [1.82, 2.24) is 9.78 Å². The number of amides is 1. The van der Waals surface area contributed by atoms with E-state index in [1.807, 2.05) is 24.3 Å². The third-order valence-corrected chi connectivity index (χ3v) is 5.36. The quantitative estimate of drug-likeness (QED) is 0.671. The van der Waals surface area contributed by atoms with E-state index in [4.69, 9.17) is 23.2 Å². The number of fused-ring (bicyclic) bond motifs is 1. The van der Waals surface area contributed by atoms with Gasteiger partial charge in [-0.1, -0.05) is 35.3 Å². The molecule has 0 saturated heterocycles. The van der Waals surface area contributed by atoms with Crippen LogP contribution in [0.2, 0.25) is 10.0 Å². The lowest BCUT2D eigenvalue weighted by Gasteiger charge is -2.11. The van der Waals surface area contributed by atoms with Gasteiger partial charge in [0, 0.05) is 32.7 Å². The highest BCUT2D eigenvalue weighted by Crippen LogP contribution is 2.36. The van der Waals surface area contributed by atoms with Crippen LogP contribution >= 0.6 is 35.0 Å². The molecule has 1 aliphatic heterocycles. The summed E-state index contributed by atoms with van der Waals surface area (Å²) in [6.45, 7) is 0. The summed E-state index contributed by atoms with van der Waals surface area (Å²) in [4.78, 5) is 12.7. The molecule has 0 radical (unpaired) electrons. The molecule has 0 fully saturated rings. The highest BCUT2D eigenvalue weighted by Gasteiger charge is 2.25. The number of halogens is 2. The van der Waals surface area contributed by atoms with E-state index < -0.39 is 0 Å². The lowest BCUT2D eigenvalue weighted by Crippen LogP contribution is -2.16. The van der Waals surface area contributed by atoms with Crippen LogP contribution in [0, 0.1) is 0 Å². The minimum Gasteiger partial charge on any atom is -0.306 e. The molecule has 0 spiro atoms. The second-order valence-electron chi connectivity index (χ2n) is 5.62. The molecule has 2 aromatic carbocycles. The van der Waals surface area contributed by atoms with Crippen molar-refractivity contribution in [3.8, 4) is 5.69 Å². The maximum atomic E-state index is 12.7. The van der Waals surface area contributed by atoms with Crippen molar-refractivity contribution in [3.05, 3.63) is 75.4 Å². The predicted octanol–water partition coefficient (Wildman–Crippen LogP) is 5.18. The van der Waals surface area contributed by atoms with Gasteiger partial charge in [0.05, 0.1) is 11.4 Å². The van der Waals surface area contributed by atoms with Crippen molar-refractivity contribution in [2.75, 3.05) is 5.32 Å². The molecule has 4 nitrogen and oxygen atoms in total. The van der Waals surface area contributed by atoms with E-state index in [1.165, 1.54) is 0 Å². The molecule has 0 bridgehead atoms. The molecule has 1 aromatic heterocycles. The normalized spacial score (nSPS) is 12.9. The van der Waals surface area contributed by atoms with Gasteiger partial charge in [0.1, 0.15) is 5.82 Å². The van der Waals surface area contributed by atoms with E-state index in [1.54, 1.807) is 40.7 Å². The Bertz CT molecular complexity index is 971. The average Bonchev–Trinajstić information content (AvgIpc) is 3.17. The molecule has 126 valence electrons. The van der Waals surface area contributed by atoms with Crippen LogP contribution < -0.4 is 5.32 Å². The number of benzene rings is 2. The number of thioether (sulfide) groups is 1. The summed E-state index contributed by atoms with van der Waals surface area (Å²) >= 11 is 13.9. The van der Waals surface area contributed by atoms with Crippen LogP contribution in [0.1, 0.15) is 21.6 Å². The zero-order chi connectivity index (χ0) is 17.4. The van der Waals surface area contributed by atoms with E-state index in [9.17, 15) is 4.79 Å². The highest BCUT2D eigenvalue weighted by molar-refractivity contribution is 7.98. The fourth-order valence-corrected chi connectivity index (χ4v) is 4.16. The van der Waals surface area contributed by atoms with Gasteiger partial charge in [-0.2, -0.15) is 16.9 Å². The number of hydrogen-bond acceptors (Lipinski definition) is 3. The molecule has 1 amide bonds. The maximum Gasteiger partial charge on any atom is 0.256 e. The highest BCUT2D eigenvalue weighted by atomic mass is 35.5. The van der Waals surface area contributed by atoms with E-state index in [0.29, 0.717) is 21.4 Å². The Morgan fingerprint density at radius 3 is 2.60 bits per heavy atom. The Morgan fingerprint density at radius 1 is 1.08 bits per heavy atom. The zero-order valence-corrected chi connectivity index (χ0v) is 15.3. The third-order valence-electron chi connectivity index (χ3n) is 3.92. The van der Waals surface area contributed by atoms with E-state index >= 15 is 0 Å². The molecule has 0 unspecified atom stereocenters. The fourth-order valence-electron chi connectivity index (χ4n) is 2.75. The molecule has 0 atom stereocenters. The first-order valence-electron chi connectivity index (χ1n) is 7.63. The van der Waals surface area contributed by atoms with Gasteiger partial charge in [-0.15, -0.1) is 0 Å². The monoisotopic (exact) mass is 389 g/mol. The van der Waals surface area contributed by atoms with Crippen LogP contribution in [0.4, 0.5) is 5.82 Å². The van der Waals surface area contributed by atoms with Crippen LogP contribution in [0.25, 0.3) is 5.69 Å². The van der Waals surface area contributed by atoms with Crippen LogP contribution in [-0.2, 0) is 11.5 Å². The van der Waals surface area contributed by atoms with E-state index in [2.05, 4.69) is 10.4 Å². The molecule has 2 heterocycles. The standard InChI is InChI=1S/C18H13Cl2N3OS/c19-12-4-1-3-11(7-12)18(24)21-17-15-9-25-10-16(15)22-23(17)14-6-2-5-13(20)8-14/h1-8H,9-10H2,(H,21,24). The Morgan fingerprint density at radius 2 is 1.84 bits per heavy atom. The lowest BCUT2D eigenvalue weighted by molar-refractivity contribution is 0.102. The number of nitrogens with zero attached hydrogens (tertiary/aromatic N) is 2. The van der Waals surface area contributed by atoms with Crippen LogP contribution in [0.15, 0.2) is 48.5 Å². The molecular weight excluding hydrogens is 377 g/mol. The summed E-state index contributed by atoms with van der Waals surface area (Å²) < 4.78 is 1.75. The summed E-state index contributed by atoms with van der Waals surface area (Å²) in [5.41, 5.74) is 3.37. The molecule has 1 N–H and O–H groups in total. The molecule has 0 saturated carbocycles. The topological polar surface area (TPSA) is 46.9 Å². The zero-order valence-electron chi connectivity index (χ0n) is 13.0. The minimum absolute atomic E-state index is 0.217. The molecule has 0 aliphatic carbocycles. The molecule has 3 aromatic rings. The van der Waals surface area contributed by atoms with Crippen molar-refractivity contribution >= 4 is 46.7 Å². The number of carbonyl (C=O) groups is 1. The van der Waals surface area contributed by atoms with E-state index in [-0.39, 0.29) is 5.91 Å². The molecule has 4 rings (SSSR count). The van der Waals surface area contributed by atoms with Crippen molar-refractivity contribution < 1.29 is 4.79 Å². The van der Waals surface area contributed by atoms with Gasteiger partial charge in [-0.05, 0) is 36.4 Å². The minimum atomic E-state index is -0.217. The number of nitrogens with one attached hydrogen (secondary N) is 1. The predicted molar refractivity (Wildman–Crippen MR) is 103 cm³/mol. The van der Waals surface area contributed by atoms with Gasteiger partial charge in [0.25, 0.3) is 5.91 Å². The number of carbonyl (C=O) groups excluding carboxylic acids is 1. The summed E-state index contributed by atoms with van der Waals surface area (Å²) in [6, 6.07) is 14.3. The summed E-state index contributed by atoms with van der Waals surface area (Å²) in [7, 11) is 0. The van der Waals surface area contributed by atoms with Crippen molar-refractivity contribution in [2.45, 2.75) is 11.5 Å². The fraction of sp³-hybridized carbons (Fsp3) is 0.111. The first kappa shape index (κ1) is 16.5. The largest absolute Gasteiger partial charge is 0.306 e. The average molecular weight is 390 g/mol.